The Balaban J connectivity index is 4.05. The van der Waals surface area contributed by atoms with E-state index < -0.39 is 13.9 Å². The highest BCUT2D eigenvalue weighted by atomic mass is 31.2. The van der Waals surface area contributed by atoms with Gasteiger partial charge in [0, 0.05) is 19.6 Å². The molecule has 8 nitrogen and oxygen atoms in total. The molecule has 0 radical (unpaired) electrons. The lowest BCUT2D eigenvalue weighted by Crippen LogP contribution is -2.28. The van der Waals surface area contributed by atoms with Crippen LogP contribution in [0.4, 0.5) is 0 Å². The van der Waals surface area contributed by atoms with Gasteiger partial charge in [0.05, 0.1) is 19.8 Å². The summed E-state index contributed by atoms with van der Waals surface area (Å²) in [5.41, 5.74) is 5.37. The molecule has 316 valence electrons. The van der Waals surface area contributed by atoms with Crippen LogP contribution >= 0.6 is 7.82 Å². The number of carbonyl (C=O) groups is 1. The molecule has 0 aliphatic heterocycles. The summed E-state index contributed by atoms with van der Waals surface area (Å²) < 4.78 is 33.4. The van der Waals surface area contributed by atoms with Crippen LogP contribution in [0.15, 0.2) is 48.6 Å². The lowest BCUT2D eigenvalue weighted by atomic mass is 10.0. The summed E-state index contributed by atoms with van der Waals surface area (Å²) in [6.45, 7) is 4.78. The lowest BCUT2D eigenvalue weighted by Gasteiger charge is -2.20. The van der Waals surface area contributed by atoms with Crippen LogP contribution in [0.25, 0.3) is 0 Å². The zero-order chi connectivity index (χ0) is 39.5. The minimum absolute atomic E-state index is 0.0965. The summed E-state index contributed by atoms with van der Waals surface area (Å²) in [4.78, 5) is 22.5. The number of phosphoric ester groups is 1. The number of ether oxygens (including phenoxy) is 2. The molecule has 0 fully saturated rings. The third-order valence-corrected chi connectivity index (χ3v) is 10.2. The number of unbranched alkanes of at least 4 members (excludes halogenated alkanes) is 21. The van der Waals surface area contributed by atoms with Crippen molar-refractivity contribution in [3.8, 4) is 0 Å². The van der Waals surface area contributed by atoms with Gasteiger partial charge < -0.3 is 20.1 Å². The van der Waals surface area contributed by atoms with Gasteiger partial charge >= 0.3 is 13.8 Å². The Morgan fingerprint density at radius 1 is 0.574 bits per heavy atom. The molecule has 0 aromatic heterocycles. The molecule has 0 aliphatic rings. The summed E-state index contributed by atoms with van der Waals surface area (Å²) in [5.74, 6) is -0.336. The molecule has 0 saturated heterocycles. The number of hydrogen-bond acceptors (Lipinski definition) is 7. The van der Waals surface area contributed by atoms with Gasteiger partial charge in [0.25, 0.3) is 0 Å². The molecule has 0 heterocycles. The molecule has 54 heavy (non-hydrogen) atoms. The standard InChI is InChI=1S/C45H84NO7P/c1-3-5-7-9-11-13-15-17-19-21-23-25-27-29-31-33-35-37-40-50-42-44(43-52-54(48,49)51-41-39-46)53-45(47)38-36-34-32-30-28-26-24-22-20-18-16-14-12-10-8-6-4-2/h5,7,11,13,17,19,23,25,44H,3-4,6,8-10,12,14-16,18,20-22,24,26-43,46H2,1-2H3,(H,48,49)/b7-5-,13-11-,19-17-,25-23-. The van der Waals surface area contributed by atoms with Crippen LogP contribution in [0.3, 0.4) is 0 Å². The molecule has 0 saturated carbocycles. The van der Waals surface area contributed by atoms with Crippen LogP contribution in [-0.4, -0.2) is 49.9 Å². The van der Waals surface area contributed by atoms with E-state index in [-0.39, 0.29) is 32.3 Å². The van der Waals surface area contributed by atoms with E-state index in [1.54, 1.807) is 0 Å². The Hall–Kier alpha value is -1.54. The zero-order valence-corrected chi connectivity index (χ0v) is 35.8. The van der Waals surface area contributed by atoms with Gasteiger partial charge in [-0.25, -0.2) is 4.57 Å². The van der Waals surface area contributed by atoms with Crippen molar-refractivity contribution in [3.05, 3.63) is 48.6 Å². The van der Waals surface area contributed by atoms with E-state index in [1.807, 2.05) is 0 Å². The molecular weight excluding hydrogens is 697 g/mol. The third-order valence-electron chi connectivity index (χ3n) is 9.26. The molecule has 0 aromatic rings. The van der Waals surface area contributed by atoms with Gasteiger partial charge in [-0.2, -0.15) is 0 Å². The number of phosphoric acid groups is 1. The SMILES string of the molecule is CC/C=C\C/C=C\C/C=C\C/C=C\CCCCCCCOCC(COP(=O)(O)OCCN)OC(=O)CCCCCCCCCCCCCCCCCCC. The smallest absolute Gasteiger partial charge is 0.457 e. The van der Waals surface area contributed by atoms with Crippen LogP contribution in [0.2, 0.25) is 0 Å². The highest BCUT2D eigenvalue weighted by Gasteiger charge is 2.25. The number of allylic oxidation sites excluding steroid dienone is 8. The van der Waals surface area contributed by atoms with Crippen molar-refractivity contribution in [2.24, 2.45) is 5.73 Å². The Kier molecular flexibility index (Phi) is 41.4. The number of esters is 1. The number of carbonyl (C=O) groups excluding carboxylic acids is 1. The maximum atomic E-state index is 12.6. The number of hydrogen-bond donors (Lipinski definition) is 2. The minimum atomic E-state index is -4.28. The van der Waals surface area contributed by atoms with E-state index >= 15 is 0 Å². The van der Waals surface area contributed by atoms with Crippen LogP contribution in [-0.2, 0) is 27.9 Å². The lowest BCUT2D eigenvalue weighted by molar-refractivity contribution is -0.154. The summed E-state index contributed by atoms with van der Waals surface area (Å²) in [5, 5.41) is 0. The molecule has 3 N–H and O–H groups in total. The van der Waals surface area contributed by atoms with Gasteiger partial charge in [-0.1, -0.05) is 184 Å². The maximum absolute atomic E-state index is 12.6. The fraction of sp³-hybridized carbons (Fsp3) is 0.800. The predicted octanol–water partition coefficient (Wildman–Crippen LogP) is 13.2. The Bertz CT molecular complexity index is 968. The summed E-state index contributed by atoms with van der Waals surface area (Å²) in [6, 6.07) is 0. The molecule has 2 unspecified atom stereocenters. The van der Waals surface area contributed by atoms with E-state index in [9.17, 15) is 14.3 Å². The van der Waals surface area contributed by atoms with Crippen LogP contribution in [0, 0.1) is 0 Å². The summed E-state index contributed by atoms with van der Waals surface area (Å²) in [7, 11) is -4.28. The second kappa shape index (κ2) is 42.6. The van der Waals surface area contributed by atoms with E-state index in [0.29, 0.717) is 13.0 Å². The molecule has 0 aliphatic carbocycles. The highest BCUT2D eigenvalue weighted by molar-refractivity contribution is 7.47. The van der Waals surface area contributed by atoms with E-state index in [0.717, 1.165) is 70.6 Å². The van der Waals surface area contributed by atoms with Crippen molar-refractivity contribution in [2.75, 3.05) is 33.0 Å². The second-order valence-electron chi connectivity index (χ2n) is 14.5. The summed E-state index contributed by atoms with van der Waals surface area (Å²) in [6.07, 6.45) is 49.8. The topological polar surface area (TPSA) is 117 Å². The second-order valence-corrected chi connectivity index (χ2v) is 16.0. The van der Waals surface area contributed by atoms with Gasteiger partial charge in [0.15, 0.2) is 0 Å². The van der Waals surface area contributed by atoms with Crippen LogP contribution in [0.5, 0.6) is 0 Å². The Morgan fingerprint density at radius 3 is 1.56 bits per heavy atom. The van der Waals surface area contributed by atoms with Crippen molar-refractivity contribution in [3.63, 3.8) is 0 Å². The normalized spacial score (nSPS) is 13.9. The minimum Gasteiger partial charge on any atom is -0.457 e. The molecule has 0 aromatic carbocycles. The first kappa shape index (κ1) is 52.5. The first-order valence-electron chi connectivity index (χ1n) is 22.1. The average molecular weight is 782 g/mol. The van der Waals surface area contributed by atoms with E-state index in [2.05, 4.69) is 62.5 Å². The van der Waals surface area contributed by atoms with Crippen molar-refractivity contribution in [2.45, 2.75) is 200 Å². The first-order chi connectivity index (χ1) is 26.4. The largest absolute Gasteiger partial charge is 0.472 e. The first-order valence-corrected chi connectivity index (χ1v) is 23.6. The molecule has 0 spiro atoms. The monoisotopic (exact) mass is 782 g/mol. The average Bonchev–Trinajstić information content (AvgIpc) is 3.16. The van der Waals surface area contributed by atoms with Gasteiger partial charge in [-0.3, -0.25) is 13.8 Å². The molecule has 0 rings (SSSR count). The van der Waals surface area contributed by atoms with Gasteiger partial charge in [-0.05, 0) is 51.4 Å². The maximum Gasteiger partial charge on any atom is 0.472 e. The predicted molar refractivity (Wildman–Crippen MR) is 229 cm³/mol. The molecule has 2 atom stereocenters. The van der Waals surface area contributed by atoms with Crippen molar-refractivity contribution < 1.29 is 32.8 Å². The van der Waals surface area contributed by atoms with Gasteiger partial charge in [0.1, 0.15) is 6.10 Å². The van der Waals surface area contributed by atoms with Crippen LogP contribution in [0.1, 0.15) is 194 Å². The molecule has 0 amide bonds. The Labute approximate surface area is 332 Å². The van der Waals surface area contributed by atoms with Gasteiger partial charge in [-0.15, -0.1) is 0 Å². The van der Waals surface area contributed by atoms with Crippen molar-refractivity contribution in [1.29, 1.82) is 0 Å². The van der Waals surface area contributed by atoms with Crippen molar-refractivity contribution in [1.82, 2.24) is 0 Å². The zero-order valence-electron chi connectivity index (χ0n) is 35.0. The van der Waals surface area contributed by atoms with Crippen molar-refractivity contribution >= 4 is 13.8 Å². The quantitative estimate of drug-likeness (QED) is 0.0272. The number of nitrogens with two attached hydrogens (primary N) is 1. The van der Waals surface area contributed by atoms with E-state index in [4.69, 9.17) is 24.3 Å². The molecular formula is C45H84NO7P. The summed E-state index contributed by atoms with van der Waals surface area (Å²) >= 11 is 0. The van der Waals surface area contributed by atoms with E-state index in [1.165, 1.54) is 103 Å². The fourth-order valence-corrected chi connectivity index (χ4v) is 6.81. The molecule has 9 heteroatoms. The molecule has 0 bridgehead atoms. The number of rotatable bonds is 42. The fourth-order valence-electron chi connectivity index (χ4n) is 6.05. The Morgan fingerprint density at radius 2 is 1.04 bits per heavy atom. The van der Waals surface area contributed by atoms with Crippen LogP contribution < -0.4 is 5.73 Å². The highest BCUT2D eigenvalue weighted by Crippen LogP contribution is 2.43. The van der Waals surface area contributed by atoms with Gasteiger partial charge in [0.2, 0.25) is 0 Å². The third kappa shape index (κ3) is 41.6.